The lowest BCUT2D eigenvalue weighted by Crippen LogP contribution is -2.61. The number of hydrogen-bond donors (Lipinski definition) is 3. The summed E-state index contributed by atoms with van der Waals surface area (Å²) in [5.74, 6) is -7.07. The molecule has 2 fully saturated rings. The van der Waals surface area contributed by atoms with Crippen molar-refractivity contribution in [1.29, 1.82) is 0 Å². The van der Waals surface area contributed by atoms with Crippen LogP contribution in [0.2, 0.25) is 0 Å². The molecule has 4 N–H and O–H groups in total. The molecule has 10 nitrogen and oxygen atoms in total. The summed E-state index contributed by atoms with van der Waals surface area (Å²) < 4.78 is 58.9. The first-order valence-corrected chi connectivity index (χ1v) is 14.1. The summed E-state index contributed by atoms with van der Waals surface area (Å²) >= 11 is 0. The summed E-state index contributed by atoms with van der Waals surface area (Å²) in [6, 6.07) is 2.71. The largest absolute Gasteiger partial charge is 0.491 e. The molecule has 3 amide bonds. The molecule has 1 aromatic carbocycles. The van der Waals surface area contributed by atoms with Gasteiger partial charge >= 0.3 is 12.1 Å². The van der Waals surface area contributed by atoms with Crippen LogP contribution in [0.3, 0.4) is 0 Å². The van der Waals surface area contributed by atoms with E-state index in [0.717, 1.165) is 12.5 Å². The molecule has 1 aliphatic carbocycles. The predicted molar refractivity (Wildman–Crippen MR) is 145 cm³/mol. The fourth-order valence-corrected chi connectivity index (χ4v) is 5.29. The number of amides is 3. The maximum atomic E-state index is 15.3. The second kappa shape index (κ2) is 13.8. The molecule has 0 aromatic heterocycles. The maximum Gasteiger partial charge on any atom is 0.491 e. The van der Waals surface area contributed by atoms with Crippen LogP contribution < -0.4 is 16.4 Å². The number of nitrogens with one attached hydrogen (secondary N) is 2. The van der Waals surface area contributed by atoms with E-state index < -0.39 is 53.2 Å². The number of carbonyl (C=O) groups excluding carboxylic acids is 4. The molecule has 234 valence electrons. The number of rotatable bonds is 9. The third-order valence-electron chi connectivity index (χ3n) is 8.05. The lowest BCUT2D eigenvalue weighted by molar-refractivity contribution is -0.218. The van der Waals surface area contributed by atoms with Crippen LogP contribution >= 0.6 is 0 Å². The zero-order valence-electron chi connectivity index (χ0n) is 24.1. The fourth-order valence-electron chi connectivity index (χ4n) is 5.29. The van der Waals surface area contributed by atoms with Crippen molar-refractivity contribution in [2.75, 3.05) is 38.5 Å². The quantitative estimate of drug-likeness (QED) is 0.225. The van der Waals surface area contributed by atoms with Gasteiger partial charge in [-0.1, -0.05) is 39.2 Å². The van der Waals surface area contributed by atoms with Crippen molar-refractivity contribution >= 4 is 29.4 Å². The Morgan fingerprint density at radius 1 is 1.07 bits per heavy atom. The van der Waals surface area contributed by atoms with Crippen molar-refractivity contribution in [2.24, 2.45) is 11.7 Å². The fraction of sp³-hybridized carbons (Fsp3) is 0.643. The van der Waals surface area contributed by atoms with E-state index in [9.17, 15) is 32.3 Å². The summed E-state index contributed by atoms with van der Waals surface area (Å²) in [6.07, 6.45) is -2.81. The van der Waals surface area contributed by atoms with Gasteiger partial charge in [0.25, 0.3) is 5.91 Å². The molecular weight excluding hydrogens is 562 g/mol. The highest BCUT2D eigenvalue weighted by molar-refractivity contribution is 5.99. The Labute approximate surface area is 242 Å². The summed E-state index contributed by atoms with van der Waals surface area (Å²) in [5.41, 5.74) is 3.31. The number of alkyl halides is 3. The zero-order valence-corrected chi connectivity index (χ0v) is 24.1. The van der Waals surface area contributed by atoms with Crippen LogP contribution in [0.4, 0.5) is 23.2 Å². The number of nitrogens with two attached hydrogens (primary N) is 1. The molecular formula is C28H39F4N5O5. The first-order valence-electron chi connectivity index (χ1n) is 14.1. The monoisotopic (exact) mass is 601 g/mol. The molecule has 1 aliphatic heterocycles. The Balaban J connectivity index is 1.83. The molecule has 42 heavy (non-hydrogen) atoms. The van der Waals surface area contributed by atoms with Crippen molar-refractivity contribution in [3.05, 3.63) is 29.6 Å². The van der Waals surface area contributed by atoms with Gasteiger partial charge in [-0.15, -0.1) is 0 Å². The average molecular weight is 602 g/mol. The van der Waals surface area contributed by atoms with Crippen LogP contribution in [0.15, 0.2) is 18.2 Å². The van der Waals surface area contributed by atoms with Crippen LogP contribution in [-0.2, 0) is 23.9 Å². The van der Waals surface area contributed by atoms with Gasteiger partial charge in [0.1, 0.15) is 11.9 Å². The Morgan fingerprint density at radius 3 is 2.24 bits per heavy atom. The van der Waals surface area contributed by atoms with Gasteiger partial charge < -0.3 is 25.2 Å². The number of nitrogens with zero attached hydrogens (tertiary/aromatic N) is 2. The summed E-state index contributed by atoms with van der Waals surface area (Å²) in [7, 11) is 1.94. The van der Waals surface area contributed by atoms with Crippen molar-refractivity contribution in [2.45, 2.75) is 76.2 Å². The molecule has 1 heterocycles. The number of hydrogen-bond acceptors (Lipinski definition) is 7. The number of carbonyl (C=O) groups is 4. The second-order valence-electron chi connectivity index (χ2n) is 11.0. The summed E-state index contributed by atoms with van der Waals surface area (Å²) in [5, 5.41) is 4.92. The highest BCUT2D eigenvalue weighted by Crippen LogP contribution is 2.35. The van der Waals surface area contributed by atoms with E-state index in [1.54, 1.807) is 18.7 Å². The summed E-state index contributed by atoms with van der Waals surface area (Å²) in [6.45, 7) is 5.58. The van der Waals surface area contributed by atoms with Gasteiger partial charge in [-0.25, -0.2) is 9.18 Å². The summed E-state index contributed by atoms with van der Waals surface area (Å²) in [4.78, 5) is 54.2. The van der Waals surface area contributed by atoms with E-state index in [0.29, 0.717) is 44.6 Å². The molecule has 2 aliphatic rings. The Kier molecular flexibility index (Phi) is 10.9. The van der Waals surface area contributed by atoms with Crippen LogP contribution in [0.25, 0.3) is 0 Å². The molecule has 3 atom stereocenters. The minimum Gasteiger partial charge on any atom is -0.427 e. The lowest BCUT2D eigenvalue weighted by atomic mass is 9.81. The van der Waals surface area contributed by atoms with Crippen LogP contribution in [-0.4, -0.2) is 84.7 Å². The Bertz CT molecular complexity index is 1150. The Morgan fingerprint density at radius 2 is 1.69 bits per heavy atom. The first-order chi connectivity index (χ1) is 19.7. The SMILES string of the molecule is CCC(=O)N[C@@H](C(=O)N1CCN(C)CC1)[C@@H](C)c1ccc(NC(=O)[C@@](N)(OC(=O)C(F)(F)F)C2CCCCC2)c(F)c1. The van der Waals surface area contributed by atoms with Gasteiger partial charge in [0.05, 0.1) is 5.69 Å². The van der Waals surface area contributed by atoms with Gasteiger partial charge in [0, 0.05) is 44.4 Å². The number of esters is 1. The van der Waals surface area contributed by atoms with Gasteiger partial charge in [0.15, 0.2) is 0 Å². The highest BCUT2D eigenvalue weighted by Gasteiger charge is 2.52. The van der Waals surface area contributed by atoms with E-state index in [-0.39, 0.29) is 31.1 Å². The highest BCUT2D eigenvalue weighted by atomic mass is 19.4. The van der Waals surface area contributed by atoms with Gasteiger partial charge in [-0.05, 0) is 37.6 Å². The lowest BCUT2D eigenvalue weighted by Gasteiger charge is -2.37. The van der Waals surface area contributed by atoms with Gasteiger partial charge in [-0.2, -0.15) is 13.2 Å². The third kappa shape index (κ3) is 7.97. The molecule has 14 heteroatoms. The molecule has 3 rings (SSSR count). The number of piperazine rings is 1. The van der Waals surface area contributed by atoms with E-state index in [2.05, 4.69) is 20.3 Å². The van der Waals surface area contributed by atoms with Crippen molar-refractivity contribution in [1.82, 2.24) is 15.1 Å². The Hall–Kier alpha value is -3.26. The van der Waals surface area contributed by atoms with Crippen LogP contribution in [0, 0.1) is 11.7 Å². The standard InChI is InChI=1S/C28H39F4N5O5/c1-4-22(38)35-23(24(39)37-14-12-36(3)13-15-37)17(2)18-10-11-21(20(29)16-18)34-25(40)27(33,19-8-6-5-7-9-19)42-26(41)28(30,31)32/h10-11,16-17,19,23H,4-9,12-15,33H2,1-3H3,(H,34,40)(H,35,38)/t17-,23+,27-/m0/s1. The topological polar surface area (TPSA) is 134 Å². The van der Waals surface area contributed by atoms with Crippen LogP contribution in [0.1, 0.15) is 63.9 Å². The molecule has 1 saturated carbocycles. The molecule has 0 spiro atoms. The zero-order chi connectivity index (χ0) is 31.2. The van der Waals surface area contributed by atoms with E-state index >= 15 is 4.39 Å². The second-order valence-corrected chi connectivity index (χ2v) is 11.0. The molecule has 0 unspecified atom stereocenters. The van der Waals surface area contributed by atoms with E-state index in [4.69, 9.17) is 5.73 Å². The predicted octanol–water partition coefficient (Wildman–Crippen LogP) is 2.88. The average Bonchev–Trinajstić information content (AvgIpc) is 2.96. The van der Waals surface area contributed by atoms with Crippen molar-refractivity contribution in [3.63, 3.8) is 0 Å². The number of halogens is 4. The normalized spacial score (nSPS) is 19.8. The molecule has 0 bridgehead atoms. The smallest absolute Gasteiger partial charge is 0.427 e. The van der Waals surface area contributed by atoms with E-state index in [1.807, 2.05) is 7.05 Å². The first kappa shape index (κ1) is 33.2. The molecule has 0 radical (unpaired) electrons. The van der Waals surface area contributed by atoms with Crippen molar-refractivity contribution in [3.8, 4) is 0 Å². The number of ether oxygens (including phenoxy) is 1. The van der Waals surface area contributed by atoms with E-state index in [1.165, 1.54) is 12.1 Å². The van der Waals surface area contributed by atoms with Crippen LogP contribution in [0.5, 0.6) is 0 Å². The molecule has 1 aromatic rings. The number of likely N-dealkylation sites (N-methyl/N-ethyl adjacent to an activating group) is 1. The van der Waals surface area contributed by atoms with Crippen molar-refractivity contribution < 1.29 is 41.5 Å². The third-order valence-corrected chi connectivity index (χ3v) is 8.05. The minimum absolute atomic E-state index is 0.138. The number of benzene rings is 1. The molecule has 1 saturated heterocycles. The maximum absolute atomic E-state index is 15.3. The van der Waals surface area contributed by atoms with Gasteiger partial charge in [-0.3, -0.25) is 20.1 Å². The van der Waals surface area contributed by atoms with Gasteiger partial charge in [0.2, 0.25) is 17.5 Å². The minimum atomic E-state index is -5.38. The number of anilines is 1.